The molecule has 20 heavy (non-hydrogen) atoms. The molecule has 0 aliphatic carbocycles. The zero-order valence-electron chi connectivity index (χ0n) is 11.2. The second kappa shape index (κ2) is 5.98. The molecule has 3 N–H and O–H groups in total. The molecule has 2 aromatic rings. The quantitative estimate of drug-likeness (QED) is 0.639. The molecule has 0 atom stereocenters. The van der Waals surface area contributed by atoms with Crippen LogP contribution in [0.2, 0.25) is 0 Å². The van der Waals surface area contributed by atoms with E-state index in [2.05, 4.69) is 15.4 Å². The number of carbonyl (C=O) groups excluding carboxylic acids is 1. The Morgan fingerprint density at radius 1 is 1.35 bits per heavy atom. The van der Waals surface area contributed by atoms with Gasteiger partial charge in [0, 0.05) is 7.05 Å². The smallest absolute Gasteiger partial charge is 0.278 e. The number of hydrogen-bond acceptors (Lipinski definition) is 6. The summed E-state index contributed by atoms with van der Waals surface area (Å²) in [6.07, 6.45) is 2.81. The van der Waals surface area contributed by atoms with Crippen LogP contribution in [-0.4, -0.2) is 30.0 Å². The van der Waals surface area contributed by atoms with Crippen molar-refractivity contribution in [2.75, 3.05) is 24.5 Å². The van der Waals surface area contributed by atoms with E-state index in [1.54, 1.807) is 26.3 Å². The van der Waals surface area contributed by atoms with E-state index in [0.29, 0.717) is 17.3 Å². The predicted molar refractivity (Wildman–Crippen MR) is 75.6 cm³/mol. The number of nitrogens with zero attached hydrogens (tertiary/aromatic N) is 3. The van der Waals surface area contributed by atoms with Gasteiger partial charge in [-0.2, -0.15) is 0 Å². The summed E-state index contributed by atoms with van der Waals surface area (Å²) in [5.41, 5.74) is 3.19. The van der Waals surface area contributed by atoms with Crippen LogP contribution in [0.25, 0.3) is 0 Å². The van der Waals surface area contributed by atoms with Gasteiger partial charge in [-0.05, 0) is 12.1 Å². The molecule has 2 rings (SSSR count). The van der Waals surface area contributed by atoms with Gasteiger partial charge >= 0.3 is 0 Å². The van der Waals surface area contributed by atoms with Crippen LogP contribution in [0.1, 0.15) is 10.5 Å². The Kier molecular flexibility index (Phi) is 4.11. The Balaban J connectivity index is 2.32. The number of hydrazine groups is 1. The summed E-state index contributed by atoms with van der Waals surface area (Å²) in [6, 6.07) is 7.22. The number of ether oxygens (including phenoxy) is 1. The number of hydrogen-bond donors (Lipinski definition) is 2. The van der Waals surface area contributed by atoms with Crippen molar-refractivity contribution in [2.24, 2.45) is 5.84 Å². The molecule has 0 saturated carbocycles. The van der Waals surface area contributed by atoms with Gasteiger partial charge in [0.2, 0.25) is 0 Å². The second-order valence-corrected chi connectivity index (χ2v) is 3.97. The maximum absolute atomic E-state index is 12.4. The molecule has 0 aliphatic rings. The SMILES string of the molecule is COc1ccccc1N(C)C(=O)c1cncc(NN)n1. The fourth-order valence-corrected chi connectivity index (χ4v) is 1.73. The number of nitrogens with two attached hydrogens (primary N) is 1. The van der Waals surface area contributed by atoms with Crippen LogP contribution in [-0.2, 0) is 0 Å². The number of carbonyl (C=O) groups is 1. The minimum absolute atomic E-state index is 0.189. The van der Waals surface area contributed by atoms with E-state index in [-0.39, 0.29) is 11.6 Å². The van der Waals surface area contributed by atoms with Crippen LogP contribution in [0.5, 0.6) is 5.75 Å². The molecule has 0 aliphatic heterocycles. The van der Waals surface area contributed by atoms with Crippen molar-refractivity contribution >= 4 is 17.4 Å². The fraction of sp³-hybridized carbons (Fsp3) is 0.154. The van der Waals surface area contributed by atoms with Gasteiger partial charge in [0.15, 0.2) is 5.82 Å². The van der Waals surface area contributed by atoms with E-state index in [4.69, 9.17) is 10.6 Å². The number of para-hydroxylation sites is 2. The van der Waals surface area contributed by atoms with Crippen molar-refractivity contribution in [2.45, 2.75) is 0 Å². The summed E-state index contributed by atoms with van der Waals surface area (Å²) in [5, 5.41) is 0. The molecule has 1 aromatic carbocycles. The van der Waals surface area contributed by atoms with Gasteiger partial charge in [0.1, 0.15) is 11.4 Å². The molecular weight excluding hydrogens is 258 g/mol. The van der Waals surface area contributed by atoms with E-state index in [1.165, 1.54) is 17.3 Å². The third kappa shape index (κ3) is 2.67. The standard InChI is InChI=1S/C13H15N5O2/c1-18(10-5-3-4-6-11(10)20-2)13(19)9-7-15-8-12(16-9)17-14/h3-8H,14H2,1-2H3,(H,16,17). The topological polar surface area (TPSA) is 93.4 Å². The number of nitrogen functional groups attached to an aromatic ring is 1. The van der Waals surface area contributed by atoms with Gasteiger partial charge < -0.3 is 15.1 Å². The van der Waals surface area contributed by atoms with Crippen LogP contribution in [0.4, 0.5) is 11.5 Å². The van der Waals surface area contributed by atoms with Crippen LogP contribution in [0.15, 0.2) is 36.7 Å². The average Bonchev–Trinajstić information content (AvgIpc) is 2.53. The van der Waals surface area contributed by atoms with E-state index in [1.807, 2.05) is 12.1 Å². The molecule has 0 radical (unpaired) electrons. The second-order valence-electron chi connectivity index (χ2n) is 3.97. The molecule has 104 valence electrons. The molecule has 7 heteroatoms. The normalized spacial score (nSPS) is 9.95. The van der Waals surface area contributed by atoms with Crippen molar-refractivity contribution in [1.29, 1.82) is 0 Å². The lowest BCUT2D eigenvalue weighted by Crippen LogP contribution is -2.28. The molecule has 0 bridgehead atoms. The van der Waals surface area contributed by atoms with Crippen LogP contribution in [0.3, 0.4) is 0 Å². The molecule has 0 unspecified atom stereocenters. The number of methoxy groups -OCH3 is 1. The number of amides is 1. The molecule has 1 aromatic heterocycles. The van der Waals surface area contributed by atoms with Crippen molar-refractivity contribution in [3.63, 3.8) is 0 Å². The van der Waals surface area contributed by atoms with Crippen LogP contribution >= 0.6 is 0 Å². The Bertz CT molecular complexity index is 617. The van der Waals surface area contributed by atoms with E-state index in [0.717, 1.165) is 0 Å². The maximum atomic E-state index is 12.4. The molecule has 7 nitrogen and oxygen atoms in total. The minimum Gasteiger partial charge on any atom is -0.495 e. The lowest BCUT2D eigenvalue weighted by atomic mass is 10.2. The van der Waals surface area contributed by atoms with E-state index >= 15 is 0 Å². The van der Waals surface area contributed by atoms with Gasteiger partial charge in [0.25, 0.3) is 5.91 Å². The van der Waals surface area contributed by atoms with E-state index < -0.39 is 0 Å². The Morgan fingerprint density at radius 3 is 2.80 bits per heavy atom. The minimum atomic E-state index is -0.306. The first-order valence-electron chi connectivity index (χ1n) is 5.87. The summed E-state index contributed by atoms with van der Waals surface area (Å²) < 4.78 is 5.24. The van der Waals surface area contributed by atoms with Gasteiger partial charge in [-0.3, -0.25) is 9.78 Å². The lowest BCUT2D eigenvalue weighted by Gasteiger charge is -2.19. The van der Waals surface area contributed by atoms with Crippen LogP contribution < -0.4 is 20.9 Å². The number of nitrogens with one attached hydrogen (secondary N) is 1. The Hall–Kier alpha value is -2.67. The fourth-order valence-electron chi connectivity index (χ4n) is 1.73. The highest BCUT2D eigenvalue weighted by Crippen LogP contribution is 2.27. The maximum Gasteiger partial charge on any atom is 0.278 e. The van der Waals surface area contributed by atoms with Crippen LogP contribution in [0, 0.1) is 0 Å². The van der Waals surface area contributed by atoms with Crippen molar-refractivity contribution < 1.29 is 9.53 Å². The van der Waals surface area contributed by atoms with Crippen molar-refractivity contribution in [1.82, 2.24) is 9.97 Å². The molecular formula is C13H15N5O2. The zero-order chi connectivity index (χ0) is 14.5. The summed E-state index contributed by atoms with van der Waals surface area (Å²) in [7, 11) is 3.19. The monoisotopic (exact) mass is 273 g/mol. The molecule has 1 amide bonds. The first-order chi connectivity index (χ1) is 9.67. The molecule has 0 spiro atoms. The number of benzene rings is 1. The van der Waals surface area contributed by atoms with Gasteiger partial charge in [-0.1, -0.05) is 12.1 Å². The van der Waals surface area contributed by atoms with Gasteiger partial charge in [-0.25, -0.2) is 10.8 Å². The van der Waals surface area contributed by atoms with Crippen molar-refractivity contribution in [3.8, 4) is 5.75 Å². The largest absolute Gasteiger partial charge is 0.495 e. The first-order valence-corrected chi connectivity index (χ1v) is 5.87. The van der Waals surface area contributed by atoms with Gasteiger partial charge in [-0.15, -0.1) is 0 Å². The molecule has 1 heterocycles. The molecule has 0 saturated heterocycles. The highest BCUT2D eigenvalue weighted by molar-refractivity contribution is 6.05. The third-order valence-electron chi connectivity index (χ3n) is 2.75. The summed E-state index contributed by atoms with van der Waals surface area (Å²) >= 11 is 0. The summed E-state index contributed by atoms with van der Waals surface area (Å²) in [4.78, 5) is 21.8. The third-order valence-corrected chi connectivity index (χ3v) is 2.75. The van der Waals surface area contributed by atoms with E-state index in [9.17, 15) is 4.79 Å². The highest BCUT2D eigenvalue weighted by Gasteiger charge is 2.18. The predicted octanol–water partition coefficient (Wildman–Crippen LogP) is 1.05. The highest BCUT2D eigenvalue weighted by atomic mass is 16.5. The Morgan fingerprint density at radius 2 is 2.10 bits per heavy atom. The van der Waals surface area contributed by atoms with Gasteiger partial charge in [0.05, 0.1) is 25.2 Å². The number of rotatable bonds is 4. The van der Waals surface area contributed by atoms with Crippen molar-refractivity contribution in [3.05, 3.63) is 42.4 Å². The number of anilines is 2. The lowest BCUT2D eigenvalue weighted by molar-refractivity contribution is 0.0987. The molecule has 0 fully saturated rings. The Labute approximate surface area is 116 Å². The average molecular weight is 273 g/mol. The summed E-state index contributed by atoms with van der Waals surface area (Å²) in [6.45, 7) is 0. The summed E-state index contributed by atoms with van der Waals surface area (Å²) in [5.74, 6) is 5.87. The number of aromatic nitrogens is 2. The first kappa shape index (κ1) is 13.8. The zero-order valence-corrected chi connectivity index (χ0v) is 11.2.